The van der Waals surface area contributed by atoms with Crippen molar-refractivity contribution in [2.24, 2.45) is 13.0 Å². The van der Waals surface area contributed by atoms with E-state index in [1.165, 1.54) is 12.8 Å². The SMILES string of the molecule is Cn1nnc2c1[C@H](COCC1CC1)CN(C(=O)c1ccsc1)C2. The van der Waals surface area contributed by atoms with Crippen LogP contribution >= 0.6 is 11.3 Å². The fourth-order valence-corrected chi connectivity index (χ4v) is 3.76. The van der Waals surface area contributed by atoms with Crippen molar-refractivity contribution in [2.45, 2.75) is 25.3 Å². The molecular formula is C16H20N4O2S. The summed E-state index contributed by atoms with van der Waals surface area (Å²) in [5.74, 6) is 0.945. The molecule has 0 saturated heterocycles. The van der Waals surface area contributed by atoms with Gasteiger partial charge in [0.05, 0.1) is 24.4 Å². The van der Waals surface area contributed by atoms with Gasteiger partial charge in [0.15, 0.2) is 0 Å². The van der Waals surface area contributed by atoms with Crippen LogP contribution in [-0.4, -0.2) is 45.6 Å². The Bertz CT molecular complexity index is 693. The van der Waals surface area contributed by atoms with Crippen LogP contribution in [-0.2, 0) is 18.3 Å². The Morgan fingerprint density at radius 3 is 3.04 bits per heavy atom. The van der Waals surface area contributed by atoms with Gasteiger partial charge in [0.1, 0.15) is 5.69 Å². The number of hydrogen-bond acceptors (Lipinski definition) is 5. The molecule has 1 amide bonds. The van der Waals surface area contributed by atoms with Crippen molar-refractivity contribution in [2.75, 3.05) is 19.8 Å². The monoisotopic (exact) mass is 332 g/mol. The van der Waals surface area contributed by atoms with Gasteiger partial charge in [-0.2, -0.15) is 11.3 Å². The van der Waals surface area contributed by atoms with E-state index in [1.54, 1.807) is 11.3 Å². The first-order chi connectivity index (χ1) is 11.2. The quantitative estimate of drug-likeness (QED) is 0.841. The Kier molecular flexibility index (Phi) is 3.90. The van der Waals surface area contributed by atoms with Crippen LogP contribution in [0.3, 0.4) is 0 Å². The summed E-state index contributed by atoms with van der Waals surface area (Å²) in [4.78, 5) is 14.5. The number of ether oxygens (including phenoxy) is 1. The van der Waals surface area contributed by atoms with E-state index >= 15 is 0 Å². The van der Waals surface area contributed by atoms with Crippen LogP contribution in [0.2, 0.25) is 0 Å². The molecule has 1 saturated carbocycles. The van der Waals surface area contributed by atoms with Crippen LogP contribution < -0.4 is 0 Å². The second-order valence-electron chi connectivity index (χ2n) is 6.42. The van der Waals surface area contributed by atoms with Crippen LogP contribution in [0.5, 0.6) is 0 Å². The number of carbonyl (C=O) groups excluding carboxylic acids is 1. The van der Waals surface area contributed by atoms with Crippen LogP contribution in [0, 0.1) is 5.92 Å². The average molecular weight is 332 g/mol. The summed E-state index contributed by atoms with van der Waals surface area (Å²) in [6.07, 6.45) is 2.57. The lowest BCUT2D eigenvalue weighted by molar-refractivity contribution is 0.0618. The molecule has 0 spiro atoms. The molecule has 23 heavy (non-hydrogen) atoms. The summed E-state index contributed by atoms with van der Waals surface area (Å²) in [7, 11) is 1.91. The van der Waals surface area contributed by atoms with E-state index in [1.807, 2.05) is 33.5 Å². The van der Waals surface area contributed by atoms with E-state index < -0.39 is 0 Å². The maximum atomic E-state index is 12.7. The Balaban J connectivity index is 1.51. The molecule has 0 aromatic carbocycles. The van der Waals surface area contributed by atoms with E-state index in [9.17, 15) is 4.79 Å². The highest BCUT2D eigenvalue weighted by atomic mass is 32.1. The molecule has 1 fully saturated rings. The molecule has 1 aliphatic carbocycles. The lowest BCUT2D eigenvalue weighted by Crippen LogP contribution is -2.40. The highest BCUT2D eigenvalue weighted by Crippen LogP contribution is 2.31. The van der Waals surface area contributed by atoms with Crippen molar-refractivity contribution in [1.82, 2.24) is 19.9 Å². The molecule has 122 valence electrons. The normalized spacial score (nSPS) is 20.6. The smallest absolute Gasteiger partial charge is 0.255 e. The standard InChI is InChI=1S/C16H20N4O2S/c1-19-15-13(9-22-8-11-2-3-11)6-20(7-14(15)17-18-19)16(21)12-4-5-23-10-12/h4-5,10-11,13H,2-3,6-9H2,1H3/t13-/m0/s1. The van der Waals surface area contributed by atoms with Crippen molar-refractivity contribution >= 4 is 17.2 Å². The van der Waals surface area contributed by atoms with E-state index in [0.29, 0.717) is 19.7 Å². The topological polar surface area (TPSA) is 60.2 Å². The zero-order valence-corrected chi connectivity index (χ0v) is 14.0. The summed E-state index contributed by atoms with van der Waals surface area (Å²) in [6, 6.07) is 1.87. The van der Waals surface area contributed by atoms with Crippen molar-refractivity contribution in [1.29, 1.82) is 0 Å². The van der Waals surface area contributed by atoms with Gasteiger partial charge in [0.25, 0.3) is 5.91 Å². The molecule has 7 heteroatoms. The average Bonchev–Trinajstić information content (AvgIpc) is 3.07. The number of carbonyl (C=O) groups is 1. The molecule has 6 nitrogen and oxygen atoms in total. The third-order valence-corrected chi connectivity index (χ3v) is 5.22. The summed E-state index contributed by atoms with van der Waals surface area (Å²) in [5, 5.41) is 12.2. The van der Waals surface area contributed by atoms with Gasteiger partial charge in [-0.25, -0.2) is 0 Å². The van der Waals surface area contributed by atoms with Crippen molar-refractivity contribution in [3.05, 3.63) is 33.8 Å². The van der Waals surface area contributed by atoms with Crippen molar-refractivity contribution < 1.29 is 9.53 Å². The molecule has 1 atom stereocenters. The van der Waals surface area contributed by atoms with E-state index in [4.69, 9.17) is 4.74 Å². The van der Waals surface area contributed by atoms with Gasteiger partial charge in [-0.3, -0.25) is 9.48 Å². The molecule has 0 N–H and O–H groups in total. The molecular weight excluding hydrogens is 312 g/mol. The number of amides is 1. The van der Waals surface area contributed by atoms with Gasteiger partial charge in [-0.05, 0) is 30.2 Å². The first-order valence-electron chi connectivity index (χ1n) is 8.00. The Labute approximate surface area is 139 Å². The number of nitrogens with zero attached hydrogens (tertiary/aromatic N) is 4. The maximum absolute atomic E-state index is 12.7. The zero-order chi connectivity index (χ0) is 15.8. The number of aryl methyl sites for hydroxylation is 1. The number of aromatic nitrogens is 3. The Hall–Kier alpha value is -1.73. The fraction of sp³-hybridized carbons (Fsp3) is 0.562. The molecule has 0 unspecified atom stereocenters. The van der Waals surface area contributed by atoms with Crippen LogP contribution in [0.25, 0.3) is 0 Å². The lowest BCUT2D eigenvalue weighted by Gasteiger charge is -2.32. The van der Waals surface area contributed by atoms with E-state index in [2.05, 4.69) is 10.3 Å². The highest BCUT2D eigenvalue weighted by molar-refractivity contribution is 7.08. The molecule has 1 aliphatic heterocycles. The van der Waals surface area contributed by atoms with Crippen LogP contribution in [0.4, 0.5) is 0 Å². The van der Waals surface area contributed by atoms with Crippen molar-refractivity contribution in [3.8, 4) is 0 Å². The van der Waals surface area contributed by atoms with Gasteiger partial charge in [0, 0.05) is 31.5 Å². The first-order valence-corrected chi connectivity index (χ1v) is 8.94. The maximum Gasteiger partial charge on any atom is 0.255 e. The third kappa shape index (κ3) is 3.03. The second-order valence-corrected chi connectivity index (χ2v) is 7.20. The molecule has 0 bridgehead atoms. The van der Waals surface area contributed by atoms with Crippen molar-refractivity contribution in [3.63, 3.8) is 0 Å². The molecule has 4 rings (SSSR count). The fourth-order valence-electron chi connectivity index (χ4n) is 3.13. The molecule has 3 heterocycles. The molecule has 0 radical (unpaired) electrons. The van der Waals surface area contributed by atoms with Crippen LogP contribution in [0.1, 0.15) is 40.5 Å². The number of rotatable bonds is 5. The van der Waals surface area contributed by atoms with E-state index in [-0.39, 0.29) is 11.8 Å². The summed E-state index contributed by atoms with van der Waals surface area (Å²) in [5.41, 5.74) is 2.75. The van der Waals surface area contributed by atoms with Gasteiger partial charge in [0.2, 0.25) is 0 Å². The summed E-state index contributed by atoms with van der Waals surface area (Å²) in [6.45, 7) is 2.64. The molecule has 2 aromatic rings. The predicted molar refractivity (Wildman–Crippen MR) is 86.3 cm³/mol. The summed E-state index contributed by atoms with van der Waals surface area (Å²) < 4.78 is 7.72. The Morgan fingerprint density at radius 1 is 1.43 bits per heavy atom. The van der Waals surface area contributed by atoms with Gasteiger partial charge in [-0.15, -0.1) is 5.10 Å². The lowest BCUT2D eigenvalue weighted by atomic mass is 9.98. The molecule has 2 aliphatic rings. The Morgan fingerprint density at radius 2 is 2.30 bits per heavy atom. The predicted octanol–water partition coefficient (Wildman–Crippen LogP) is 2.04. The third-order valence-electron chi connectivity index (χ3n) is 4.54. The second kappa shape index (κ2) is 6.05. The number of thiophene rings is 1. The largest absolute Gasteiger partial charge is 0.380 e. The zero-order valence-electron chi connectivity index (χ0n) is 13.1. The minimum atomic E-state index is 0.0646. The van der Waals surface area contributed by atoms with E-state index in [0.717, 1.165) is 29.5 Å². The minimum Gasteiger partial charge on any atom is -0.380 e. The van der Waals surface area contributed by atoms with Crippen LogP contribution in [0.15, 0.2) is 16.8 Å². The van der Waals surface area contributed by atoms with Gasteiger partial charge < -0.3 is 9.64 Å². The summed E-state index contributed by atoms with van der Waals surface area (Å²) >= 11 is 1.54. The minimum absolute atomic E-state index is 0.0646. The number of fused-ring (bicyclic) bond motifs is 1. The molecule has 2 aromatic heterocycles. The van der Waals surface area contributed by atoms with Gasteiger partial charge >= 0.3 is 0 Å². The number of hydrogen-bond donors (Lipinski definition) is 0. The van der Waals surface area contributed by atoms with Gasteiger partial charge in [-0.1, -0.05) is 5.21 Å². The highest BCUT2D eigenvalue weighted by Gasteiger charge is 2.33. The first kappa shape index (κ1) is 14.8.